The van der Waals surface area contributed by atoms with Crippen LogP contribution in [0.2, 0.25) is 0 Å². The number of nitrogens with zero attached hydrogens (tertiary/aromatic N) is 1. The van der Waals surface area contributed by atoms with Crippen molar-refractivity contribution < 1.29 is 21.3 Å². The third kappa shape index (κ3) is 3.06. The predicted octanol–water partition coefficient (Wildman–Crippen LogP) is 1.59. The normalized spacial score (nSPS) is 22.5. The van der Waals surface area contributed by atoms with Crippen LogP contribution in [-0.4, -0.2) is 45.7 Å². The highest BCUT2D eigenvalue weighted by molar-refractivity contribution is 9.10. The van der Waals surface area contributed by atoms with Gasteiger partial charge in [0.2, 0.25) is 10.0 Å². The van der Waals surface area contributed by atoms with Gasteiger partial charge in [-0.2, -0.15) is 4.31 Å². The van der Waals surface area contributed by atoms with E-state index in [0.29, 0.717) is 12.2 Å². The van der Waals surface area contributed by atoms with Crippen molar-refractivity contribution in [3.05, 3.63) is 16.5 Å². The number of sulfone groups is 1. The number of sulfonamides is 1. The van der Waals surface area contributed by atoms with Gasteiger partial charge in [-0.05, 0) is 22.4 Å². The van der Waals surface area contributed by atoms with Crippen molar-refractivity contribution >= 4 is 47.4 Å². The van der Waals surface area contributed by atoms with E-state index in [4.69, 9.17) is 16.0 Å². The molecule has 0 aromatic carbocycles. The lowest BCUT2D eigenvalue weighted by Crippen LogP contribution is -2.37. The average molecular weight is 407 g/mol. The van der Waals surface area contributed by atoms with E-state index in [0.717, 1.165) is 4.31 Å². The molecule has 0 N–H and O–H groups in total. The minimum atomic E-state index is -3.82. The van der Waals surface area contributed by atoms with Crippen molar-refractivity contribution in [3.8, 4) is 0 Å². The van der Waals surface area contributed by atoms with Gasteiger partial charge >= 0.3 is 0 Å². The lowest BCUT2D eigenvalue weighted by atomic mass is 10.3. The van der Waals surface area contributed by atoms with Gasteiger partial charge in [-0.1, -0.05) is 0 Å². The quantitative estimate of drug-likeness (QED) is 0.709. The maximum atomic E-state index is 12.5. The summed E-state index contributed by atoms with van der Waals surface area (Å²) >= 11 is 8.65. The lowest BCUT2D eigenvalue weighted by Gasteiger charge is -2.22. The van der Waals surface area contributed by atoms with E-state index in [1.165, 1.54) is 13.1 Å². The largest absolute Gasteiger partial charge is 0.452 e. The zero-order chi connectivity index (χ0) is 15.1. The fourth-order valence-electron chi connectivity index (χ4n) is 2.05. The Morgan fingerprint density at radius 3 is 2.65 bits per heavy atom. The fraction of sp³-hybridized carbons (Fsp3) is 0.600. The molecule has 1 unspecified atom stereocenters. The van der Waals surface area contributed by atoms with Crippen molar-refractivity contribution in [3.63, 3.8) is 0 Å². The Kier molecular flexibility index (Phi) is 4.56. The third-order valence-electron chi connectivity index (χ3n) is 3.22. The van der Waals surface area contributed by atoms with Gasteiger partial charge < -0.3 is 4.42 Å². The Hall–Kier alpha value is -0.0900. The molecule has 0 radical (unpaired) electrons. The Balaban J connectivity index is 2.32. The summed E-state index contributed by atoms with van der Waals surface area (Å²) in [5.41, 5.74) is 0. The molecule has 0 spiro atoms. The summed E-state index contributed by atoms with van der Waals surface area (Å²) in [6, 6.07) is 0.790. The number of hydrogen-bond acceptors (Lipinski definition) is 5. The molecule has 20 heavy (non-hydrogen) atoms. The number of alkyl halides is 1. The van der Waals surface area contributed by atoms with E-state index in [1.54, 1.807) is 0 Å². The Morgan fingerprint density at radius 1 is 1.55 bits per heavy atom. The molecule has 1 aliphatic rings. The molecule has 1 saturated heterocycles. The van der Waals surface area contributed by atoms with Gasteiger partial charge in [0.25, 0.3) is 0 Å². The van der Waals surface area contributed by atoms with Crippen LogP contribution >= 0.6 is 27.5 Å². The molecule has 1 aromatic rings. The van der Waals surface area contributed by atoms with Gasteiger partial charge in [0, 0.05) is 19.2 Å². The molecule has 0 bridgehead atoms. The zero-order valence-corrected chi connectivity index (χ0v) is 14.5. The molecule has 0 aliphatic carbocycles. The Bertz CT molecular complexity index is 712. The van der Waals surface area contributed by atoms with Gasteiger partial charge in [0.15, 0.2) is 14.5 Å². The molecular weight excluding hydrogens is 394 g/mol. The van der Waals surface area contributed by atoms with E-state index >= 15 is 0 Å². The third-order valence-corrected chi connectivity index (χ3v) is 8.00. The Morgan fingerprint density at radius 2 is 2.20 bits per heavy atom. The molecule has 1 atom stereocenters. The van der Waals surface area contributed by atoms with E-state index in [2.05, 4.69) is 15.9 Å². The van der Waals surface area contributed by atoms with Crippen LogP contribution in [0.3, 0.4) is 0 Å². The summed E-state index contributed by atoms with van der Waals surface area (Å²) in [4.78, 5) is -0.0417. The van der Waals surface area contributed by atoms with Gasteiger partial charge in [0.1, 0.15) is 10.7 Å². The second-order valence-electron chi connectivity index (χ2n) is 4.56. The minimum Gasteiger partial charge on any atom is -0.452 e. The molecule has 6 nitrogen and oxygen atoms in total. The van der Waals surface area contributed by atoms with Crippen molar-refractivity contribution in [2.75, 3.05) is 18.6 Å². The molecule has 0 saturated carbocycles. The highest BCUT2D eigenvalue weighted by Gasteiger charge is 2.38. The van der Waals surface area contributed by atoms with Crippen LogP contribution in [0.25, 0.3) is 0 Å². The molecule has 114 valence electrons. The van der Waals surface area contributed by atoms with Crippen molar-refractivity contribution in [1.29, 1.82) is 0 Å². The summed E-state index contributed by atoms with van der Waals surface area (Å²) in [5.74, 6) is 0.234. The predicted molar refractivity (Wildman–Crippen MR) is 78.0 cm³/mol. The second-order valence-corrected chi connectivity index (χ2v) is 9.74. The fourth-order valence-corrected chi connectivity index (χ4v) is 6.40. The van der Waals surface area contributed by atoms with Crippen LogP contribution in [0.5, 0.6) is 0 Å². The van der Waals surface area contributed by atoms with Crippen LogP contribution < -0.4 is 0 Å². The number of furan rings is 1. The number of hydrogen-bond donors (Lipinski definition) is 0. The number of halogens is 2. The number of rotatable bonds is 4. The monoisotopic (exact) mass is 405 g/mol. The first-order valence-electron chi connectivity index (χ1n) is 5.70. The molecular formula is C10H13BrClNO5S2. The SMILES string of the molecule is CN(C1CCS(=O)(=O)C1)S(=O)(=O)c1cc(CCl)oc1Br. The molecule has 2 rings (SSSR count). The van der Waals surface area contributed by atoms with Gasteiger partial charge in [-0.25, -0.2) is 16.8 Å². The maximum Gasteiger partial charge on any atom is 0.247 e. The topological polar surface area (TPSA) is 84.7 Å². The van der Waals surface area contributed by atoms with Gasteiger partial charge in [-0.15, -0.1) is 11.6 Å². The summed E-state index contributed by atoms with van der Waals surface area (Å²) in [5, 5.41) is 0. The zero-order valence-electron chi connectivity index (χ0n) is 10.5. The van der Waals surface area contributed by atoms with Crippen molar-refractivity contribution in [2.24, 2.45) is 0 Å². The maximum absolute atomic E-state index is 12.5. The molecule has 10 heteroatoms. The van der Waals surface area contributed by atoms with E-state index in [9.17, 15) is 16.8 Å². The van der Waals surface area contributed by atoms with Crippen molar-refractivity contribution in [1.82, 2.24) is 4.31 Å². The first kappa shape index (κ1) is 16.3. The van der Waals surface area contributed by atoms with Crippen molar-refractivity contribution in [2.45, 2.75) is 23.2 Å². The van der Waals surface area contributed by atoms with Crippen LogP contribution in [0.4, 0.5) is 0 Å². The van der Waals surface area contributed by atoms with Crippen LogP contribution in [0.15, 0.2) is 20.0 Å². The molecule has 0 amide bonds. The molecule has 1 aliphatic heterocycles. The minimum absolute atomic E-state index is 0.0109. The van der Waals surface area contributed by atoms with Gasteiger partial charge in [0.05, 0.1) is 17.4 Å². The summed E-state index contributed by atoms with van der Waals surface area (Å²) < 4.78 is 54.2. The van der Waals surface area contributed by atoms with Crippen LogP contribution in [0.1, 0.15) is 12.2 Å². The summed E-state index contributed by atoms with van der Waals surface area (Å²) in [6.45, 7) is 0. The highest BCUT2D eigenvalue weighted by atomic mass is 79.9. The first-order valence-corrected chi connectivity index (χ1v) is 10.3. The smallest absolute Gasteiger partial charge is 0.247 e. The molecule has 2 heterocycles. The average Bonchev–Trinajstić information content (AvgIpc) is 2.91. The highest BCUT2D eigenvalue weighted by Crippen LogP contribution is 2.31. The van der Waals surface area contributed by atoms with Gasteiger partial charge in [-0.3, -0.25) is 0 Å². The van der Waals surface area contributed by atoms with Crippen LogP contribution in [-0.2, 0) is 25.7 Å². The van der Waals surface area contributed by atoms with Crippen LogP contribution in [0, 0.1) is 0 Å². The first-order chi connectivity index (χ1) is 9.17. The molecule has 1 fully saturated rings. The van der Waals surface area contributed by atoms with E-state index in [1.807, 2.05) is 0 Å². The second kappa shape index (κ2) is 5.60. The Labute approximate surface area is 131 Å². The summed E-state index contributed by atoms with van der Waals surface area (Å²) in [7, 11) is -5.60. The van der Waals surface area contributed by atoms with E-state index in [-0.39, 0.29) is 27.0 Å². The standard InChI is InChI=1S/C10H13BrClNO5S2/c1-13(7-2-3-19(14,15)6-7)20(16,17)9-4-8(5-12)18-10(9)11/h4,7H,2-3,5-6H2,1H3. The summed E-state index contributed by atoms with van der Waals surface area (Å²) in [6.07, 6.45) is 0.301. The molecule has 1 aromatic heterocycles. The van der Waals surface area contributed by atoms with E-state index < -0.39 is 25.9 Å². The lowest BCUT2D eigenvalue weighted by molar-refractivity contribution is 0.392.